The maximum absolute atomic E-state index is 11.9. The highest BCUT2D eigenvalue weighted by Crippen LogP contribution is 2.41. The molecule has 22 heavy (non-hydrogen) atoms. The zero-order valence-corrected chi connectivity index (χ0v) is 12.9. The summed E-state index contributed by atoms with van der Waals surface area (Å²) >= 11 is 2.03. The van der Waals surface area contributed by atoms with E-state index in [0.29, 0.717) is 5.57 Å². The predicted molar refractivity (Wildman–Crippen MR) is 81.2 cm³/mol. The molecular formula is C13H12N2O5S2. The maximum atomic E-state index is 11.9. The molecule has 9 heteroatoms. The average Bonchev–Trinajstić information content (AvgIpc) is 3.05. The highest BCUT2D eigenvalue weighted by molar-refractivity contribution is 8.14. The summed E-state index contributed by atoms with van der Waals surface area (Å²) in [5.41, 5.74) is 6.21. The summed E-state index contributed by atoms with van der Waals surface area (Å²) in [5, 5.41) is 8.70. The molecule has 3 N–H and O–H groups in total. The number of hydrogen-bond donors (Lipinski definition) is 2. The van der Waals surface area contributed by atoms with Gasteiger partial charge in [0.25, 0.3) is 5.12 Å². The first-order chi connectivity index (χ1) is 10.5. The van der Waals surface area contributed by atoms with Crippen LogP contribution >= 0.6 is 23.5 Å². The van der Waals surface area contributed by atoms with Crippen molar-refractivity contribution in [3.05, 3.63) is 34.6 Å². The molecular weight excluding hydrogens is 328 g/mol. The fourth-order valence-corrected chi connectivity index (χ4v) is 4.37. The molecule has 0 bridgehead atoms. The number of carbonyl (C=O) groups is 3. The zero-order valence-electron chi connectivity index (χ0n) is 11.2. The normalized spacial score (nSPS) is 24.0. The van der Waals surface area contributed by atoms with Crippen LogP contribution < -0.4 is 5.73 Å². The minimum absolute atomic E-state index is 0.170. The van der Waals surface area contributed by atoms with Crippen molar-refractivity contribution in [2.45, 2.75) is 11.4 Å². The SMILES string of the molecule is N[C@@H]1C(=O)N2CC(CSC(=O)c3ccco3)=C(C(=O)O)S[C@@H]12. The van der Waals surface area contributed by atoms with Crippen LogP contribution in [0.3, 0.4) is 0 Å². The third-order valence-corrected chi connectivity index (χ3v) is 5.84. The Morgan fingerprint density at radius 1 is 1.55 bits per heavy atom. The Labute approximate surface area is 133 Å². The van der Waals surface area contributed by atoms with Crippen molar-refractivity contribution < 1.29 is 23.9 Å². The Kier molecular flexibility index (Phi) is 4.02. The van der Waals surface area contributed by atoms with Crippen LogP contribution in [0.15, 0.2) is 33.3 Å². The van der Waals surface area contributed by atoms with E-state index in [2.05, 4.69) is 0 Å². The average molecular weight is 340 g/mol. The van der Waals surface area contributed by atoms with Crippen molar-refractivity contribution in [1.29, 1.82) is 0 Å². The lowest BCUT2D eigenvalue weighted by molar-refractivity contribution is -0.144. The van der Waals surface area contributed by atoms with Crippen molar-refractivity contribution in [3.8, 4) is 0 Å². The first-order valence-electron chi connectivity index (χ1n) is 6.37. The Morgan fingerprint density at radius 3 is 2.95 bits per heavy atom. The second kappa shape index (κ2) is 5.82. The summed E-state index contributed by atoms with van der Waals surface area (Å²) in [6.45, 7) is 0.199. The molecule has 2 aliphatic rings. The number of hydrogen-bond acceptors (Lipinski definition) is 7. The number of nitrogens with two attached hydrogens (primary N) is 1. The molecule has 2 aliphatic heterocycles. The monoisotopic (exact) mass is 340 g/mol. The number of aliphatic carboxylic acids is 1. The number of rotatable bonds is 4. The molecule has 3 rings (SSSR count). The third kappa shape index (κ3) is 2.55. The quantitative estimate of drug-likeness (QED) is 0.771. The molecule has 2 atom stereocenters. The van der Waals surface area contributed by atoms with Gasteiger partial charge in [0, 0.05) is 12.3 Å². The van der Waals surface area contributed by atoms with E-state index in [1.807, 2.05) is 0 Å². The second-order valence-corrected chi connectivity index (χ2v) is 6.87. The van der Waals surface area contributed by atoms with Crippen LogP contribution in [0.4, 0.5) is 0 Å². The largest absolute Gasteiger partial charge is 0.477 e. The Bertz CT molecular complexity index is 670. The fourth-order valence-electron chi connectivity index (χ4n) is 2.27. The van der Waals surface area contributed by atoms with Gasteiger partial charge in [-0.3, -0.25) is 9.59 Å². The summed E-state index contributed by atoms with van der Waals surface area (Å²) in [6, 6.07) is 2.50. The van der Waals surface area contributed by atoms with E-state index in [4.69, 9.17) is 10.2 Å². The molecule has 1 fully saturated rings. The van der Waals surface area contributed by atoms with Gasteiger partial charge in [0.1, 0.15) is 11.4 Å². The number of carboxylic acid groups (broad SMARTS) is 1. The highest BCUT2D eigenvalue weighted by atomic mass is 32.2. The van der Waals surface area contributed by atoms with E-state index in [1.54, 1.807) is 12.1 Å². The maximum Gasteiger partial charge on any atom is 0.342 e. The molecule has 0 unspecified atom stereocenters. The van der Waals surface area contributed by atoms with Crippen LogP contribution in [-0.2, 0) is 9.59 Å². The van der Waals surface area contributed by atoms with E-state index in [1.165, 1.54) is 11.2 Å². The molecule has 0 aliphatic carbocycles. The smallest absolute Gasteiger partial charge is 0.342 e. The van der Waals surface area contributed by atoms with Gasteiger partial charge in [0.05, 0.1) is 11.2 Å². The van der Waals surface area contributed by atoms with E-state index < -0.39 is 12.0 Å². The standard InChI is InChI=1S/C13H12N2O5S2/c14-8-10(16)15-4-6(9(12(17)18)22-11(8)15)5-21-13(19)7-2-1-3-20-7/h1-3,8,11H,4-5,14H2,(H,17,18)/t8-,11+/m1/s1. The predicted octanol–water partition coefficient (Wildman–Crippen LogP) is 0.734. The molecule has 0 aromatic carbocycles. The number of furan rings is 1. The molecule has 0 saturated carbocycles. The van der Waals surface area contributed by atoms with Gasteiger partial charge in [-0.25, -0.2) is 4.79 Å². The topological polar surface area (TPSA) is 114 Å². The molecule has 1 aromatic rings. The fraction of sp³-hybridized carbons (Fsp3) is 0.308. The van der Waals surface area contributed by atoms with Crippen LogP contribution in [0.5, 0.6) is 0 Å². The number of amides is 1. The molecule has 3 heterocycles. The first-order valence-corrected chi connectivity index (χ1v) is 8.24. The van der Waals surface area contributed by atoms with Gasteiger partial charge in [-0.1, -0.05) is 23.5 Å². The van der Waals surface area contributed by atoms with Crippen molar-refractivity contribution in [2.24, 2.45) is 5.73 Å². The Morgan fingerprint density at radius 2 is 2.32 bits per heavy atom. The number of carbonyl (C=O) groups excluding carboxylic acids is 2. The molecule has 7 nitrogen and oxygen atoms in total. The van der Waals surface area contributed by atoms with E-state index in [0.717, 1.165) is 23.5 Å². The van der Waals surface area contributed by atoms with Gasteiger partial charge in [-0.05, 0) is 17.7 Å². The molecule has 1 aromatic heterocycles. The summed E-state index contributed by atoms with van der Waals surface area (Å²) in [5.74, 6) is -0.843. The first kappa shape index (κ1) is 15.2. The number of carboxylic acids is 1. The third-order valence-electron chi connectivity index (χ3n) is 3.40. The van der Waals surface area contributed by atoms with Gasteiger partial charge in [0.15, 0.2) is 5.76 Å². The van der Waals surface area contributed by atoms with Gasteiger partial charge in [-0.2, -0.15) is 0 Å². The molecule has 1 saturated heterocycles. The molecule has 1 amide bonds. The molecule has 0 spiro atoms. The number of fused-ring (bicyclic) bond motifs is 1. The summed E-state index contributed by atoms with van der Waals surface area (Å²) in [4.78, 5) is 36.6. The zero-order chi connectivity index (χ0) is 15.9. The van der Waals surface area contributed by atoms with E-state index in [-0.39, 0.29) is 39.4 Å². The van der Waals surface area contributed by atoms with E-state index in [9.17, 15) is 19.5 Å². The van der Waals surface area contributed by atoms with Crippen LogP contribution in [0.1, 0.15) is 10.6 Å². The van der Waals surface area contributed by atoms with Crippen LogP contribution in [-0.4, -0.2) is 50.7 Å². The highest BCUT2D eigenvalue weighted by Gasteiger charge is 2.49. The lowest BCUT2D eigenvalue weighted by atomic mass is 10.1. The number of β-lactam (4-membered cyclic amide) rings is 1. The van der Waals surface area contributed by atoms with Crippen molar-refractivity contribution in [1.82, 2.24) is 4.90 Å². The second-order valence-electron chi connectivity index (χ2n) is 4.79. The van der Waals surface area contributed by atoms with Crippen LogP contribution in [0.25, 0.3) is 0 Å². The Hall–Kier alpha value is -1.71. The molecule has 116 valence electrons. The molecule has 0 radical (unpaired) electrons. The lowest BCUT2D eigenvalue weighted by Gasteiger charge is -2.48. The Balaban J connectivity index is 1.73. The van der Waals surface area contributed by atoms with Crippen LogP contribution in [0.2, 0.25) is 0 Å². The van der Waals surface area contributed by atoms with E-state index >= 15 is 0 Å². The summed E-state index contributed by atoms with van der Waals surface area (Å²) in [7, 11) is 0. The van der Waals surface area contributed by atoms with Gasteiger partial charge in [0.2, 0.25) is 5.91 Å². The van der Waals surface area contributed by atoms with Crippen molar-refractivity contribution in [3.63, 3.8) is 0 Å². The minimum Gasteiger partial charge on any atom is -0.477 e. The van der Waals surface area contributed by atoms with Crippen molar-refractivity contribution in [2.75, 3.05) is 12.3 Å². The number of thioether (sulfide) groups is 2. The lowest BCUT2D eigenvalue weighted by Crippen LogP contribution is -2.68. The minimum atomic E-state index is -1.06. The van der Waals surface area contributed by atoms with Gasteiger partial charge in [-0.15, -0.1) is 0 Å². The van der Waals surface area contributed by atoms with Crippen molar-refractivity contribution >= 4 is 40.5 Å². The van der Waals surface area contributed by atoms with Crippen LogP contribution in [0, 0.1) is 0 Å². The van der Waals surface area contributed by atoms with Gasteiger partial charge < -0.3 is 20.2 Å². The number of nitrogens with zero attached hydrogens (tertiary/aromatic N) is 1. The van der Waals surface area contributed by atoms with Gasteiger partial charge >= 0.3 is 5.97 Å². The summed E-state index contributed by atoms with van der Waals surface area (Å²) < 4.78 is 5.00. The summed E-state index contributed by atoms with van der Waals surface area (Å²) in [6.07, 6.45) is 1.40.